The lowest BCUT2D eigenvalue weighted by molar-refractivity contribution is 0.590. The third-order valence-electron chi connectivity index (χ3n) is 5.78. The maximum atomic E-state index is 5.60. The van der Waals surface area contributed by atoms with Crippen molar-refractivity contribution in [2.75, 3.05) is 17.7 Å². The molecule has 0 fully saturated rings. The van der Waals surface area contributed by atoms with Crippen LogP contribution in [0.1, 0.15) is 0 Å². The van der Waals surface area contributed by atoms with Crippen LogP contribution in [0.3, 0.4) is 0 Å². The number of nitrogen functional groups attached to an aromatic ring is 1. The topological polar surface area (TPSA) is 120 Å². The molecule has 2 aromatic carbocycles. The Morgan fingerprint density at radius 2 is 1.64 bits per heavy atom. The second kappa shape index (κ2) is 8.88. The Hall–Kier alpha value is -5.18. The molecule has 0 saturated heterocycles. The third-order valence-corrected chi connectivity index (χ3v) is 5.78. The SMILES string of the molecule is CN(c1ccccn1)c1nc(-c2cncc(-c3nnc(N)o3)c2)nc2cccc(-c3ccccc3)c12. The summed E-state index contributed by atoms with van der Waals surface area (Å²) in [6.07, 6.45) is 5.10. The van der Waals surface area contributed by atoms with Crippen LogP contribution in [-0.4, -0.2) is 37.2 Å². The van der Waals surface area contributed by atoms with Crippen LogP contribution in [0.4, 0.5) is 17.7 Å². The average molecular weight is 473 g/mol. The average Bonchev–Trinajstić information content (AvgIpc) is 3.39. The number of nitrogens with zero attached hydrogens (tertiary/aromatic N) is 7. The number of benzene rings is 2. The molecule has 6 aromatic rings. The van der Waals surface area contributed by atoms with Gasteiger partial charge in [-0.3, -0.25) is 4.98 Å². The van der Waals surface area contributed by atoms with Crippen molar-refractivity contribution in [3.8, 4) is 34.0 Å². The van der Waals surface area contributed by atoms with Crippen molar-refractivity contribution in [2.24, 2.45) is 0 Å². The number of anilines is 3. The van der Waals surface area contributed by atoms with E-state index in [4.69, 9.17) is 20.1 Å². The standard InChI is InChI=1S/C27H20N8O/c1-35(22-12-5-6-13-30-22)25-23-20(17-8-3-2-4-9-17)10-7-11-21(23)31-24(32-25)18-14-19(16-29-15-18)26-33-34-27(28)36-26/h2-16H,1H3,(H2,28,34). The number of hydrogen-bond donors (Lipinski definition) is 1. The van der Waals surface area contributed by atoms with E-state index in [2.05, 4.69) is 38.4 Å². The number of fused-ring (bicyclic) bond motifs is 1. The summed E-state index contributed by atoms with van der Waals surface area (Å²) < 4.78 is 5.37. The lowest BCUT2D eigenvalue weighted by Crippen LogP contribution is -2.14. The van der Waals surface area contributed by atoms with Crippen LogP contribution in [0.15, 0.2) is 95.8 Å². The monoisotopic (exact) mass is 472 g/mol. The number of aromatic nitrogens is 6. The van der Waals surface area contributed by atoms with Crippen LogP contribution in [0, 0.1) is 0 Å². The van der Waals surface area contributed by atoms with E-state index in [9.17, 15) is 0 Å². The lowest BCUT2D eigenvalue weighted by atomic mass is 10.0. The molecule has 9 nitrogen and oxygen atoms in total. The molecule has 0 unspecified atom stereocenters. The molecule has 6 rings (SSSR count). The van der Waals surface area contributed by atoms with Crippen LogP contribution in [0.25, 0.3) is 44.9 Å². The molecule has 0 aliphatic rings. The molecule has 36 heavy (non-hydrogen) atoms. The Labute approximate surface area is 206 Å². The summed E-state index contributed by atoms with van der Waals surface area (Å²) >= 11 is 0. The van der Waals surface area contributed by atoms with Gasteiger partial charge < -0.3 is 15.1 Å². The quantitative estimate of drug-likeness (QED) is 0.363. The zero-order valence-electron chi connectivity index (χ0n) is 19.3. The van der Waals surface area contributed by atoms with Crippen molar-refractivity contribution in [2.45, 2.75) is 0 Å². The Morgan fingerprint density at radius 3 is 2.42 bits per heavy atom. The highest BCUT2D eigenvalue weighted by atomic mass is 16.4. The van der Waals surface area contributed by atoms with Gasteiger partial charge in [0.1, 0.15) is 11.6 Å². The molecule has 0 amide bonds. The highest BCUT2D eigenvalue weighted by molar-refractivity contribution is 6.03. The predicted octanol–water partition coefficient (Wildman–Crippen LogP) is 5.15. The highest BCUT2D eigenvalue weighted by Gasteiger charge is 2.19. The van der Waals surface area contributed by atoms with Gasteiger partial charge in [-0.15, -0.1) is 5.10 Å². The van der Waals surface area contributed by atoms with Crippen molar-refractivity contribution in [1.29, 1.82) is 0 Å². The van der Waals surface area contributed by atoms with Crippen LogP contribution in [0.2, 0.25) is 0 Å². The molecule has 9 heteroatoms. The fourth-order valence-electron chi connectivity index (χ4n) is 4.08. The smallest absolute Gasteiger partial charge is 0.313 e. The summed E-state index contributed by atoms with van der Waals surface area (Å²) in [6.45, 7) is 0. The Bertz CT molecular complexity index is 1670. The fourth-order valence-corrected chi connectivity index (χ4v) is 4.08. The Kier molecular flexibility index (Phi) is 5.27. The van der Waals surface area contributed by atoms with Crippen molar-refractivity contribution >= 4 is 28.6 Å². The largest absolute Gasteiger partial charge is 0.403 e. The fraction of sp³-hybridized carbons (Fsp3) is 0.0370. The highest BCUT2D eigenvalue weighted by Crippen LogP contribution is 2.37. The minimum atomic E-state index is -0.00919. The number of nitrogens with two attached hydrogens (primary N) is 1. The van der Waals surface area contributed by atoms with Gasteiger partial charge >= 0.3 is 6.01 Å². The minimum Gasteiger partial charge on any atom is -0.403 e. The minimum absolute atomic E-state index is 0.00919. The molecule has 0 atom stereocenters. The summed E-state index contributed by atoms with van der Waals surface area (Å²) in [6, 6.07) is 23.9. The predicted molar refractivity (Wildman–Crippen MR) is 138 cm³/mol. The first-order valence-corrected chi connectivity index (χ1v) is 11.2. The van der Waals surface area contributed by atoms with Crippen LogP contribution in [-0.2, 0) is 0 Å². The third kappa shape index (κ3) is 3.88. The Morgan fingerprint density at radius 1 is 0.806 bits per heavy atom. The first kappa shape index (κ1) is 21.4. The maximum absolute atomic E-state index is 5.60. The molecular formula is C27H20N8O. The van der Waals surface area contributed by atoms with Crippen molar-refractivity contribution in [1.82, 2.24) is 30.1 Å². The molecule has 4 heterocycles. The summed E-state index contributed by atoms with van der Waals surface area (Å²) in [7, 11) is 1.95. The van der Waals surface area contributed by atoms with Gasteiger partial charge in [0.25, 0.3) is 5.89 Å². The van der Waals surface area contributed by atoms with Gasteiger partial charge in [-0.1, -0.05) is 53.6 Å². The number of rotatable bonds is 5. The molecule has 0 aliphatic carbocycles. The molecule has 4 aromatic heterocycles. The second-order valence-corrected chi connectivity index (χ2v) is 8.09. The van der Waals surface area contributed by atoms with Crippen LogP contribution in [0.5, 0.6) is 0 Å². The summed E-state index contributed by atoms with van der Waals surface area (Å²) in [5.41, 5.74) is 9.83. The van der Waals surface area contributed by atoms with Crippen molar-refractivity contribution in [3.05, 3.63) is 91.4 Å². The van der Waals surface area contributed by atoms with E-state index < -0.39 is 0 Å². The van der Waals surface area contributed by atoms with Gasteiger partial charge in [0.2, 0.25) is 0 Å². The summed E-state index contributed by atoms with van der Waals surface area (Å²) in [5.74, 6) is 2.27. The molecular weight excluding hydrogens is 452 g/mol. The van der Waals surface area contributed by atoms with E-state index in [0.29, 0.717) is 17.0 Å². The molecule has 0 radical (unpaired) electrons. The van der Waals surface area contributed by atoms with Gasteiger partial charge in [0, 0.05) is 31.2 Å². The van der Waals surface area contributed by atoms with Gasteiger partial charge in [-0.05, 0) is 35.4 Å². The van der Waals surface area contributed by atoms with Gasteiger partial charge in [0.05, 0.1) is 16.5 Å². The summed E-state index contributed by atoms with van der Waals surface area (Å²) in [4.78, 5) is 20.8. The van der Waals surface area contributed by atoms with Crippen LogP contribution < -0.4 is 10.6 Å². The van der Waals surface area contributed by atoms with Crippen molar-refractivity contribution in [3.63, 3.8) is 0 Å². The lowest BCUT2D eigenvalue weighted by Gasteiger charge is -2.21. The van der Waals surface area contributed by atoms with E-state index in [0.717, 1.165) is 33.7 Å². The molecule has 0 bridgehead atoms. The molecule has 0 aliphatic heterocycles. The Balaban J connectivity index is 1.58. The first-order chi connectivity index (χ1) is 17.7. The first-order valence-electron chi connectivity index (χ1n) is 11.2. The summed E-state index contributed by atoms with van der Waals surface area (Å²) in [5, 5.41) is 8.62. The molecule has 0 saturated carbocycles. The van der Waals surface area contributed by atoms with Gasteiger partial charge in [-0.2, -0.15) is 0 Å². The van der Waals surface area contributed by atoms with E-state index in [-0.39, 0.29) is 11.9 Å². The van der Waals surface area contributed by atoms with Gasteiger partial charge in [0.15, 0.2) is 5.82 Å². The van der Waals surface area contributed by atoms with E-state index in [1.165, 1.54) is 0 Å². The van der Waals surface area contributed by atoms with Crippen molar-refractivity contribution < 1.29 is 4.42 Å². The zero-order chi connectivity index (χ0) is 24.5. The molecule has 0 spiro atoms. The zero-order valence-corrected chi connectivity index (χ0v) is 19.3. The normalized spacial score (nSPS) is 11.0. The molecule has 2 N–H and O–H groups in total. The van der Waals surface area contributed by atoms with Gasteiger partial charge in [-0.25, -0.2) is 15.0 Å². The van der Waals surface area contributed by atoms with E-state index in [1.807, 2.05) is 66.5 Å². The van der Waals surface area contributed by atoms with Crippen LogP contribution >= 0.6 is 0 Å². The number of hydrogen-bond acceptors (Lipinski definition) is 9. The van der Waals surface area contributed by atoms with E-state index >= 15 is 0 Å². The van der Waals surface area contributed by atoms with E-state index in [1.54, 1.807) is 18.6 Å². The second-order valence-electron chi connectivity index (χ2n) is 8.09. The molecule has 174 valence electrons. The maximum Gasteiger partial charge on any atom is 0.313 e. The number of pyridine rings is 2.